The maximum atomic E-state index is 5.78. The van der Waals surface area contributed by atoms with Gasteiger partial charge in [0.1, 0.15) is 5.75 Å². The predicted octanol–water partition coefficient (Wildman–Crippen LogP) is 2.10. The van der Waals surface area contributed by atoms with Gasteiger partial charge < -0.3 is 18.3 Å². The van der Waals surface area contributed by atoms with Gasteiger partial charge in [0.15, 0.2) is 0 Å². The maximum absolute atomic E-state index is 5.78. The number of hydrogen-bond acceptors (Lipinski definition) is 4. The SMILES string of the molecule is CCO[Si](OCC)c1ccc2c(c1)COC(C)(C)O2. The third-order valence-corrected chi connectivity index (χ3v) is 4.66. The van der Waals surface area contributed by atoms with Crippen molar-refractivity contribution in [2.75, 3.05) is 13.2 Å². The first kappa shape index (κ1) is 14.5. The zero-order chi connectivity index (χ0) is 13.9. The van der Waals surface area contributed by atoms with E-state index in [1.165, 1.54) is 0 Å². The third-order valence-electron chi connectivity index (χ3n) is 2.78. The van der Waals surface area contributed by atoms with Crippen molar-refractivity contribution >= 4 is 14.5 Å². The lowest BCUT2D eigenvalue weighted by Crippen LogP contribution is -2.39. The van der Waals surface area contributed by atoms with Crippen LogP contribution in [0.1, 0.15) is 33.3 Å². The average molecular weight is 281 g/mol. The molecule has 1 heterocycles. The largest absolute Gasteiger partial charge is 0.463 e. The zero-order valence-electron chi connectivity index (χ0n) is 12.0. The normalized spacial score (nSPS) is 17.1. The molecule has 5 heteroatoms. The molecule has 0 fully saturated rings. The lowest BCUT2D eigenvalue weighted by molar-refractivity contribution is -0.180. The Labute approximate surface area is 116 Å². The highest BCUT2D eigenvalue weighted by molar-refractivity contribution is 6.61. The molecule has 1 aromatic carbocycles. The van der Waals surface area contributed by atoms with Crippen LogP contribution in [0.25, 0.3) is 0 Å². The second kappa shape index (κ2) is 6.05. The van der Waals surface area contributed by atoms with Crippen LogP contribution in [-0.2, 0) is 20.2 Å². The summed E-state index contributed by atoms with van der Waals surface area (Å²) in [5, 5.41) is 1.10. The molecule has 105 valence electrons. The molecule has 0 saturated carbocycles. The summed E-state index contributed by atoms with van der Waals surface area (Å²) in [5.74, 6) is 0.330. The Balaban J connectivity index is 2.21. The van der Waals surface area contributed by atoms with Gasteiger partial charge in [0.05, 0.1) is 6.61 Å². The van der Waals surface area contributed by atoms with E-state index in [1.54, 1.807) is 0 Å². The Bertz CT molecular complexity index is 427. The monoisotopic (exact) mass is 281 g/mol. The van der Waals surface area contributed by atoms with Crippen LogP contribution in [0, 0.1) is 0 Å². The lowest BCUT2D eigenvalue weighted by atomic mass is 10.2. The Morgan fingerprint density at radius 2 is 1.89 bits per heavy atom. The summed E-state index contributed by atoms with van der Waals surface area (Å²) >= 11 is 0. The summed E-state index contributed by atoms with van der Waals surface area (Å²) in [4.78, 5) is 0. The predicted molar refractivity (Wildman–Crippen MR) is 74.6 cm³/mol. The number of hydrogen-bond donors (Lipinski definition) is 0. The molecule has 0 unspecified atom stereocenters. The van der Waals surface area contributed by atoms with Gasteiger partial charge in [0.25, 0.3) is 0 Å². The molecule has 0 aromatic heterocycles. The molecular weight excluding hydrogens is 260 g/mol. The van der Waals surface area contributed by atoms with E-state index in [-0.39, 0.29) is 0 Å². The second-order valence-corrected chi connectivity index (χ2v) is 6.50. The van der Waals surface area contributed by atoms with E-state index in [9.17, 15) is 0 Å². The number of fused-ring (bicyclic) bond motifs is 1. The van der Waals surface area contributed by atoms with Crippen molar-refractivity contribution in [3.8, 4) is 5.75 Å². The van der Waals surface area contributed by atoms with E-state index in [0.29, 0.717) is 19.8 Å². The molecule has 0 N–H and O–H groups in total. The van der Waals surface area contributed by atoms with Gasteiger partial charge in [-0.15, -0.1) is 0 Å². The van der Waals surface area contributed by atoms with Crippen molar-refractivity contribution in [2.45, 2.75) is 40.1 Å². The van der Waals surface area contributed by atoms with Gasteiger partial charge in [-0.25, -0.2) is 0 Å². The van der Waals surface area contributed by atoms with Crippen LogP contribution in [0.15, 0.2) is 18.2 Å². The molecule has 2 rings (SSSR count). The molecular formula is C14H21O4Si. The molecule has 1 aromatic rings. The van der Waals surface area contributed by atoms with Gasteiger partial charge in [-0.2, -0.15) is 0 Å². The second-order valence-electron chi connectivity index (χ2n) is 4.77. The number of rotatable bonds is 5. The molecule has 0 atom stereocenters. The summed E-state index contributed by atoms with van der Waals surface area (Å²) in [5.41, 5.74) is 1.05. The van der Waals surface area contributed by atoms with Crippen molar-refractivity contribution in [1.29, 1.82) is 0 Å². The van der Waals surface area contributed by atoms with Crippen molar-refractivity contribution in [3.05, 3.63) is 23.8 Å². The molecule has 0 spiro atoms. The molecule has 0 amide bonds. The fourth-order valence-corrected chi connectivity index (χ4v) is 3.39. The number of ether oxygens (including phenoxy) is 2. The molecule has 0 aliphatic carbocycles. The van der Waals surface area contributed by atoms with E-state index >= 15 is 0 Å². The van der Waals surface area contributed by atoms with Crippen molar-refractivity contribution in [3.63, 3.8) is 0 Å². The first-order valence-corrected chi connectivity index (χ1v) is 7.96. The van der Waals surface area contributed by atoms with Crippen LogP contribution in [0.4, 0.5) is 0 Å². The van der Waals surface area contributed by atoms with Crippen molar-refractivity contribution in [1.82, 2.24) is 0 Å². The molecule has 1 aliphatic heterocycles. The summed E-state index contributed by atoms with van der Waals surface area (Å²) < 4.78 is 22.8. The van der Waals surface area contributed by atoms with Crippen LogP contribution in [0.5, 0.6) is 5.75 Å². The Morgan fingerprint density at radius 1 is 1.21 bits per heavy atom. The molecule has 19 heavy (non-hydrogen) atoms. The van der Waals surface area contributed by atoms with E-state index < -0.39 is 15.1 Å². The topological polar surface area (TPSA) is 36.9 Å². The van der Waals surface area contributed by atoms with Crippen LogP contribution >= 0.6 is 0 Å². The van der Waals surface area contributed by atoms with E-state index in [4.69, 9.17) is 18.3 Å². The Kier molecular flexibility index (Phi) is 4.62. The zero-order valence-corrected chi connectivity index (χ0v) is 13.0. The lowest BCUT2D eigenvalue weighted by Gasteiger charge is -2.32. The van der Waals surface area contributed by atoms with E-state index in [2.05, 4.69) is 6.07 Å². The first-order valence-electron chi connectivity index (χ1n) is 6.64. The number of benzene rings is 1. The van der Waals surface area contributed by atoms with Crippen LogP contribution < -0.4 is 9.92 Å². The Hall–Kier alpha value is -0.883. The summed E-state index contributed by atoms with van der Waals surface area (Å²) in [7, 11) is -1.40. The quantitative estimate of drug-likeness (QED) is 0.775. The maximum Gasteiger partial charge on any atom is 0.423 e. The average Bonchev–Trinajstić information content (AvgIpc) is 2.37. The standard InChI is InChI=1S/C14H21O4Si/c1-5-16-19(17-6-2)12-7-8-13-11(9-12)10-15-14(3,4)18-13/h7-9H,5-6,10H2,1-4H3. The molecule has 0 saturated heterocycles. The van der Waals surface area contributed by atoms with E-state index in [1.807, 2.05) is 39.8 Å². The van der Waals surface area contributed by atoms with Gasteiger partial charge in [-0.1, -0.05) is 6.07 Å². The summed E-state index contributed by atoms with van der Waals surface area (Å²) in [6, 6.07) is 6.09. The van der Waals surface area contributed by atoms with Gasteiger partial charge in [-0.05, 0) is 31.2 Å². The van der Waals surface area contributed by atoms with Crippen LogP contribution in [0.3, 0.4) is 0 Å². The molecule has 1 aliphatic rings. The minimum Gasteiger partial charge on any atom is -0.463 e. The highest BCUT2D eigenvalue weighted by Crippen LogP contribution is 2.30. The fourth-order valence-electron chi connectivity index (χ4n) is 1.94. The van der Waals surface area contributed by atoms with Gasteiger partial charge in [-0.3, -0.25) is 0 Å². The van der Waals surface area contributed by atoms with Gasteiger partial charge >= 0.3 is 9.28 Å². The highest BCUT2D eigenvalue weighted by atomic mass is 28.3. The highest BCUT2D eigenvalue weighted by Gasteiger charge is 2.28. The van der Waals surface area contributed by atoms with Gasteiger partial charge in [0, 0.05) is 32.6 Å². The minimum absolute atomic E-state index is 0.553. The van der Waals surface area contributed by atoms with Gasteiger partial charge in [0.2, 0.25) is 5.79 Å². The third kappa shape index (κ3) is 3.57. The van der Waals surface area contributed by atoms with Crippen molar-refractivity contribution < 1.29 is 18.3 Å². The molecule has 4 nitrogen and oxygen atoms in total. The minimum atomic E-state index is -1.40. The molecule has 1 radical (unpaired) electrons. The smallest absolute Gasteiger partial charge is 0.423 e. The van der Waals surface area contributed by atoms with Crippen LogP contribution in [-0.4, -0.2) is 28.3 Å². The summed E-state index contributed by atoms with van der Waals surface area (Å²) in [6.07, 6.45) is 0. The van der Waals surface area contributed by atoms with E-state index in [0.717, 1.165) is 16.5 Å². The first-order chi connectivity index (χ1) is 9.05. The Morgan fingerprint density at radius 3 is 2.53 bits per heavy atom. The van der Waals surface area contributed by atoms with Crippen molar-refractivity contribution in [2.24, 2.45) is 0 Å². The summed E-state index contributed by atoms with van der Waals surface area (Å²) in [6.45, 7) is 9.67. The van der Waals surface area contributed by atoms with Crippen LogP contribution in [0.2, 0.25) is 0 Å². The fraction of sp³-hybridized carbons (Fsp3) is 0.571. The molecule has 0 bridgehead atoms.